The molecular weight excluding hydrogens is 270 g/mol. The highest BCUT2D eigenvalue weighted by Crippen LogP contribution is 2.32. The molecule has 0 unspecified atom stereocenters. The first-order chi connectivity index (χ1) is 10.4. The van der Waals surface area contributed by atoms with Gasteiger partial charge in [0.25, 0.3) is 0 Å². The summed E-state index contributed by atoms with van der Waals surface area (Å²) in [6.45, 7) is 0. The minimum Gasteiger partial charge on any atom is -0.870 e. The average Bonchev–Trinajstić information content (AvgIpc) is 2.59. The van der Waals surface area contributed by atoms with Crippen LogP contribution in [0.5, 0.6) is 0 Å². The molecule has 0 aromatic heterocycles. The van der Waals surface area contributed by atoms with Gasteiger partial charge >= 0.3 is 0 Å². The second-order valence-electron chi connectivity index (χ2n) is 5.19. The minimum absolute atomic E-state index is 0. The number of rotatable bonds is 4. The van der Waals surface area contributed by atoms with Gasteiger partial charge in [-0.05, 0) is 0 Å². The fraction of sp³-hybridized carbons (Fsp3) is 0.100. The second kappa shape index (κ2) is 7.03. The van der Waals surface area contributed by atoms with Crippen molar-refractivity contribution in [2.75, 3.05) is 7.05 Å². The third kappa shape index (κ3) is 2.67. The molecule has 0 heterocycles. The van der Waals surface area contributed by atoms with Crippen molar-refractivity contribution in [1.82, 2.24) is 0 Å². The Morgan fingerprint density at radius 3 is 1.05 bits per heavy atom. The molecule has 0 aliphatic heterocycles. The van der Waals surface area contributed by atoms with Gasteiger partial charge in [0.15, 0.2) is 5.54 Å². The number of hydrogen-bond acceptors (Lipinski definition) is 1. The first kappa shape index (κ1) is 16.0. The maximum atomic E-state index is 2.30. The summed E-state index contributed by atoms with van der Waals surface area (Å²) in [7, 11) is 2.15. The molecule has 0 radical (unpaired) electrons. The molecule has 3 N–H and O–H groups in total. The third-order valence-electron chi connectivity index (χ3n) is 4.12. The van der Waals surface area contributed by atoms with Gasteiger partial charge in [-0.25, -0.2) is 0 Å². The van der Waals surface area contributed by atoms with Gasteiger partial charge in [0.2, 0.25) is 0 Å². The summed E-state index contributed by atoms with van der Waals surface area (Å²) in [6.07, 6.45) is 0. The molecule has 0 spiro atoms. The summed E-state index contributed by atoms with van der Waals surface area (Å²) in [5.41, 5.74) is 3.68. The molecule has 0 aliphatic rings. The molecule has 3 aromatic rings. The van der Waals surface area contributed by atoms with Crippen LogP contribution in [-0.2, 0) is 5.54 Å². The van der Waals surface area contributed by atoms with Crippen molar-refractivity contribution in [1.29, 1.82) is 0 Å². The van der Waals surface area contributed by atoms with Crippen molar-refractivity contribution in [3.8, 4) is 0 Å². The second-order valence-corrected chi connectivity index (χ2v) is 5.19. The van der Waals surface area contributed by atoms with Crippen LogP contribution >= 0.6 is 0 Å². The van der Waals surface area contributed by atoms with Crippen molar-refractivity contribution in [2.24, 2.45) is 0 Å². The molecule has 0 saturated carbocycles. The molecular formula is C20H21NO. The lowest BCUT2D eigenvalue weighted by Crippen LogP contribution is -2.92. The summed E-state index contributed by atoms with van der Waals surface area (Å²) in [5.74, 6) is 0. The van der Waals surface area contributed by atoms with Crippen LogP contribution in [0, 0.1) is 0 Å². The van der Waals surface area contributed by atoms with Gasteiger partial charge in [-0.1, -0.05) is 91.0 Å². The Morgan fingerprint density at radius 2 is 0.818 bits per heavy atom. The van der Waals surface area contributed by atoms with E-state index in [1.165, 1.54) is 16.7 Å². The van der Waals surface area contributed by atoms with Crippen LogP contribution in [0.15, 0.2) is 91.0 Å². The SMILES string of the molecule is C[NH2+]C(c1ccccc1)(c1ccccc1)c1ccccc1.[OH-]. The van der Waals surface area contributed by atoms with Crippen molar-refractivity contribution in [3.05, 3.63) is 108 Å². The Balaban J connectivity index is 0.00000176. The molecule has 0 fully saturated rings. The predicted octanol–water partition coefficient (Wildman–Crippen LogP) is 2.99. The Morgan fingerprint density at radius 1 is 0.545 bits per heavy atom. The van der Waals surface area contributed by atoms with E-state index in [2.05, 4.69) is 103 Å². The molecule has 2 heteroatoms. The van der Waals surface area contributed by atoms with E-state index in [4.69, 9.17) is 0 Å². The van der Waals surface area contributed by atoms with Crippen molar-refractivity contribution >= 4 is 0 Å². The molecule has 3 rings (SSSR count). The summed E-state index contributed by atoms with van der Waals surface area (Å²) in [4.78, 5) is 0. The highest BCUT2D eigenvalue weighted by molar-refractivity contribution is 5.46. The van der Waals surface area contributed by atoms with Crippen molar-refractivity contribution in [3.63, 3.8) is 0 Å². The van der Waals surface area contributed by atoms with Gasteiger partial charge in [0.1, 0.15) is 0 Å². The lowest BCUT2D eigenvalue weighted by atomic mass is 9.77. The zero-order valence-electron chi connectivity index (χ0n) is 12.7. The van der Waals surface area contributed by atoms with E-state index >= 15 is 0 Å². The first-order valence-electron chi connectivity index (χ1n) is 7.35. The maximum absolute atomic E-state index is 2.30. The van der Waals surface area contributed by atoms with Crippen LogP contribution in [0.2, 0.25) is 0 Å². The quantitative estimate of drug-likeness (QED) is 0.738. The standard InChI is InChI=1S/C20H19N.H2O/c1-21-20(17-11-5-2-6-12-17,18-13-7-3-8-14-18)19-15-9-4-10-16-19;/h2-16,21H,1H3;1H2. The molecule has 0 amide bonds. The van der Waals surface area contributed by atoms with E-state index in [0.717, 1.165) is 0 Å². The largest absolute Gasteiger partial charge is 0.870 e. The molecule has 22 heavy (non-hydrogen) atoms. The smallest absolute Gasteiger partial charge is 0.173 e. The molecule has 0 aliphatic carbocycles. The average molecular weight is 291 g/mol. The van der Waals surface area contributed by atoms with E-state index in [0.29, 0.717) is 0 Å². The van der Waals surface area contributed by atoms with E-state index in [1.54, 1.807) is 0 Å². The summed E-state index contributed by atoms with van der Waals surface area (Å²) in [6, 6.07) is 32.1. The predicted molar refractivity (Wildman–Crippen MR) is 89.0 cm³/mol. The topological polar surface area (TPSA) is 46.6 Å². The third-order valence-corrected chi connectivity index (χ3v) is 4.12. The van der Waals surface area contributed by atoms with Crippen LogP contribution in [0.1, 0.15) is 16.7 Å². The first-order valence-corrected chi connectivity index (χ1v) is 7.35. The normalized spacial score (nSPS) is 10.8. The molecule has 3 aromatic carbocycles. The number of hydrogen-bond donors (Lipinski definition) is 1. The van der Waals surface area contributed by atoms with E-state index in [9.17, 15) is 0 Å². The highest BCUT2D eigenvalue weighted by atomic mass is 16.0. The Labute approximate surface area is 131 Å². The monoisotopic (exact) mass is 291 g/mol. The van der Waals surface area contributed by atoms with Crippen molar-refractivity contribution < 1.29 is 10.8 Å². The lowest BCUT2D eigenvalue weighted by Gasteiger charge is -2.31. The number of benzene rings is 3. The van der Waals surface area contributed by atoms with Gasteiger partial charge in [-0.2, -0.15) is 0 Å². The zero-order chi connectivity index (χ0) is 14.5. The van der Waals surface area contributed by atoms with Crippen molar-refractivity contribution in [2.45, 2.75) is 5.54 Å². The highest BCUT2D eigenvalue weighted by Gasteiger charge is 2.38. The number of nitrogens with two attached hydrogens (primary N) is 1. The van der Waals surface area contributed by atoms with Crippen LogP contribution < -0.4 is 5.32 Å². The van der Waals surface area contributed by atoms with E-state index in [-0.39, 0.29) is 11.0 Å². The molecule has 0 saturated heterocycles. The fourth-order valence-electron chi connectivity index (χ4n) is 3.10. The van der Waals surface area contributed by atoms with Crippen LogP contribution in [0.25, 0.3) is 0 Å². The van der Waals surface area contributed by atoms with Gasteiger partial charge in [0.05, 0.1) is 7.05 Å². The lowest BCUT2D eigenvalue weighted by molar-refractivity contribution is -0.691. The summed E-state index contributed by atoms with van der Waals surface area (Å²) in [5, 5.41) is 2.30. The van der Waals surface area contributed by atoms with E-state index in [1.807, 2.05) is 0 Å². The van der Waals surface area contributed by atoms with Crippen LogP contribution in [0.3, 0.4) is 0 Å². The molecule has 112 valence electrons. The fourth-order valence-corrected chi connectivity index (χ4v) is 3.10. The Hall–Kier alpha value is -2.42. The van der Waals surface area contributed by atoms with Crippen LogP contribution in [-0.4, -0.2) is 12.5 Å². The van der Waals surface area contributed by atoms with Crippen LogP contribution in [0.4, 0.5) is 0 Å². The molecule has 2 nitrogen and oxygen atoms in total. The minimum atomic E-state index is -0.205. The van der Waals surface area contributed by atoms with Gasteiger partial charge < -0.3 is 10.8 Å². The Kier molecular flexibility index (Phi) is 5.10. The zero-order valence-corrected chi connectivity index (χ0v) is 12.7. The van der Waals surface area contributed by atoms with E-state index < -0.39 is 0 Å². The van der Waals surface area contributed by atoms with Gasteiger partial charge in [-0.3, -0.25) is 0 Å². The summed E-state index contributed by atoms with van der Waals surface area (Å²) < 4.78 is 0. The summed E-state index contributed by atoms with van der Waals surface area (Å²) >= 11 is 0. The molecule has 0 atom stereocenters. The molecule has 0 bridgehead atoms. The Bertz CT molecular complexity index is 584. The number of quaternary nitrogens is 1. The van der Waals surface area contributed by atoms with Gasteiger partial charge in [-0.15, -0.1) is 0 Å². The van der Waals surface area contributed by atoms with Gasteiger partial charge in [0, 0.05) is 16.7 Å². The maximum Gasteiger partial charge on any atom is 0.173 e.